The van der Waals surface area contributed by atoms with E-state index in [1.54, 1.807) is 37.3 Å². The highest BCUT2D eigenvalue weighted by Crippen LogP contribution is 2.32. The Morgan fingerprint density at radius 3 is 2.44 bits per heavy atom. The topological polar surface area (TPSA) is 71.5 Å². The van der Waals surface area contributed by atoms with Gasteiger partial charge in [0.15, 0.2) is 6.61 Å². The first-order valence-electron chi connectivity index (χ1n) is 8.77. The molecule has 0 radical (unpaired) electrons. The Morgan fingerprint density at radius 1 is 1.00 bits per heavy atom. The fourth-order valence-corrected chi connectivity index (χ4v) is 3.05. The van der Waals surface area contributed by atoms with Crippen LogP contribution in [0.25, 0.3) is 0 Å². The molecule has 0 bridgehead atoms. The Labute approximate surface area is 158 Å². The number of carbonyl (C=O) groups is 1. The lowest BCUT2D eigenvalue weighted by Crippen LogP contribution is -2.50. The van der Waals surface area contributed by atoms with E-state index in [9.17, 15) is 9.90 Å². The minimum atomic E-state index is -0.0697. The fourth-order valence-electron chi connectivity index (χ4n) is 3.05. The molecule has 27 heavy (non-hydrogen) atoms. The van der Waals surface area contributed by atoms with Crippen LogP contribution in [0.3, 0.4) is 0 Å². The number of anilines is 1. The number of ether oxygens (including phenoxy) is 3. The van der Waals surface area contributed by atoms with Crippen molar-refractivity contribution in [3.8, 4) is 23.0 Å². The van der Waals surface area contributed by atoms with Crippen LogP contribution < -0.4 is 19.1 Å². The first-order chi connectivity index (χ1) is 13.1. The number of rotatable bonds is 6. The van der Waals surface area contributed by atoms with E-state index < -0.39 is 0 Å². The summed E-state index contributed by atoms with van der Waals surface area (Å²) in [6, 6.07) is 12.2. The van der Waals surface area contributed by atoms with Gasteiger partial charge in [-0.2, -0.15) is 0 Å². The Hall–Kier alpha value is -3.09. The van der Waals surface area contributed by atoms with E-state index in [1.807, 2.05) is 18.2 Å². The summed E-state index contributed by atoms with van der Waals surface area (Å²) in [6.07, 6.45) is 0. The third-order valence-electron chi connectivity index (χ3n) is 4.54. The summed E-state index contributed by atoms with van der Waals surface area (Å²) in [6.45, 7) is 2.59. The number of aromatic hydroxyl groups is 1. The number of benzene rings is 2. The van der Waals surface area contributed by atoms with E-state index in [2.05, 4.69) is 4.90 Å². The average molecular weight is 372 g/mol. The van der Waals surface area contributed by atoms with Gasteiger partial charge < -0.3 is 29.1 Å². The molecule has 1 N–H and O–H groups in total. The molecule has 2 aromatic rings. The summed E-state index contributed by atoms with van der Waals surface area (Å²) in [7, 11) is 3.26. The number of hydrogen-bond acceptors (Lipinski definition) is 6. The highest BCUT2D eigenvalue weighted by atomic mass is 16.5. The van der Waals surface area contributed by atoms with Gasteiger partial charge in [-0.05, 0) is 24.3 Å². The molecule has 1 aliphatic rings. The van der Waals surface area contributed by atoms with Crippen LogP contribution in [0, 0.1) is 0 Å². The van der Waals surface area contributed by atoms with E-state index in [4.69, 9.17) is 14.2 Å². The number of carbonyl (C=O) groups excluding carboxylic acids is 1. The van der Waals surface area contributed by atoms with E-state index in [1.165, 1.54) is 6.07 Å². The number of phenolic OH excluding ortho intramolecular Hbond substituents is 1. The molecule has 7 nitrogen and oxygen atoms in total. The zero-order valence-corrected chi connectivity index (χ0v) is 15.6. The summed E-state index contributed by atoms with van der Waals surface area (Å²) in [5, 5.41) is 9.44. The summed E-state index contributed by atoms with van der Waals surface area (Å²) in [5.41, 5.74) is 0.987. The SMILES string of the molecule is COc1ccc(N2CCN(C(=O)COc3cccc(O)c3)CC2)c(OC)c1. The van der Waals surface area contributed by atoms with Crippen molar-refractivity contribution in [2.45, 2.75) is 0 Å². The van der Waals surface area contributed by atoms with Gasteiger partial charge >= 0.3 is 0 Å². The Balaban J connectivity index is 1.54. The predicted octanol–water partition coefficient (Wildman–Crippen LogP) is 2.14. The molecule has 0 aliphatic carbocycles. The normalized spacial score (nSPS) is 14.0. The van der Waals surface area contributed by atoms with Crippen molar-refractivity contribution in [3.63, 3.8) is 0 Å². The third-order valence-corrected chi connectivity index (χ3v) is 4.54. The largest absolute Gasteiger partial charge is 0.508 e. The monoisotopic (exact) mass is 372 g/mol. The van der Waals surface area contributed by atoms with E-state index in [0.29, 0.717) is 31.9 Å². The maximum absolute atomic E-state index is 12.4. The van der Waals surface area contributed by atoms with Gasteiger partial charge in [-0.15, -0.1) is 0 Å². The molecule has 1 heterocycles. The summed E-state index contributed by atoms with van der Waals surface area (Å²) < 4.78 is 16.2. The van der Waals surface area contributed by atoms with Gasteiger partial charge in [-0.25, -0.2) is 0 Å². The molecule has 1 saturated heterocycles. The minimum Gasteiger partial charge on any atom is -0.508 e. The molecule has 1 amide bonds. The van der Waals surface area contributed by atoms with Crippen molar-refractivity contribution >= 4 is 11.6 Å². The number of phenols is 1. The second-order valence-corrected chi connectivity index (χ2v) is 6.19. The number of hydrogen-bond donors (Lipinski definition) is 1. The van der Waals surface area contributed by atoms with E-state index in [-0.39, 0.29) is 18.3 Å². The maximum atomic E-state index is 12.4. The molecular weight excluding hydrogens is 348 g/mol. The highest BCUT2D eigenvalue weighted by Gasteiger charge is 2.23. The number of amides is 1. The van der Waals surface area contributed by atoms with Gasteiger partial charge in [0.05, 0.1) is 19.9 Å². The van der Waals surface area contributed by atoms with Crippen molar-refractivity contribution < 1.29 is 24.1 Å². The second-order valence-electron chi connectivity index (χ2n) is 6.19. The average Bonchev–Trinajstić information content (AvgIpc) is 2.71. The molecule has 3 rings (SSSR count). The van der Waals surface area contributed by atoms with Crippen LogP contribution >= 0.6 is 0 Å². The predicted molar refractivity (Wildman–Crippen MR) is 102 cm³/mol. The minimum absolute atomic E-state index is 0.0463. The van der Waals surface area contributed by atoms with Gasteiger partial charge in [0.2, 0.25) is 0 Å². The Kier molecular flexibility index (Phi) is 5.90. The lowest BCUT2D eigenvalue weighted by atomic mass is 10.2. The number of methoxy groups -OCH3 is 2. The van der Waals surface area contributed by atoms with Crippen molar-refractivity contribution in [3.05, 3.63) is 42.5 Å². The molecular formula is C20H24N2O5. The van der Waals surface area contributed by atoms with Gasteiger partial charge in [-0.3, -0.25) is 4.79 Å². The van der Waals surface area contributed by atoms with Crippen molar-refractivity contribution in [2.24, 2.45) is 0 Å². The van der Waals surface area contributed by atoms with Crippen LogP contribution in [0.1, 0.15) is 0 Å². The van der Waals surface area contributed by atoms with E-state index >= 15 is 0 Å². The fraction of sp³-hybridized carbons (Fsp3) is 0.350. The molecule has 0 unspecified atom stereocenters. The summed E-state index contributed by atoms with van der Waals surface area (Å²) in [5.74, 6) is 2.02. The Morgan fingerprint density at radius 2 is 1.78 bits per heavy atom. The third kappa shape index (κ3) is 4.55. The smallest absolute Gasteiger partial charge is 0.260 e. The van der Waals surface area contributed by atoms with Crippen molar-refractivity contribution in [2.75, 3.05) is 51.9 Å². The molecule has 0 spiro atoms. The summed E-state index contributed by atoms with van der Waals surface area (Å²) >= 11 is 0. The Bertz CT molecular complexity index is 788. The maximum Gasteiger partial charge on any atom is 0.260 e. The van der Waals surface area contributed by atoms with Gasteiger partial charge in [0, 0.05) is 38.3 Å². The standard InChI is InChI=1S/C20H24N2O5/c1-25-16-6-7-18(19(13-16)26-2)21-8-10-22(11-9-21)20(24)14-27-17-5-3-4-15(23)12-17/h3-7,12-13,23H,8-11,14H2,1-2H3. The molecule has 0 atom stereocenters. The van der Waals surface area contributed by atoms with Crippen LogP contribution in [-0.2, 0) is 4.79 Å². The van der Waals surface area contributed by atoms with Crippen molar-refractivity contribution in [1.29, 1.82) is 0 Å². The quantitative estimate of drug-likeness (QED) is 0.838. The zero-order valence-electron chi connectivity index (χ0n) is 15.6. The van der Waals surface area contributed by atoms with Crippen molar-refractivity contribution in [1.82, 2.24) is 4.90 Å². The highest BCUT2D eigenvalue weighted by molar-refractivity contribution is 5.78. The van der Waals surface area contributed by atoms with Crippen LogP contribution in [-0.4, -0.2) is 62.9 Å². The van der Waals surface area contributed by atoms with Gasteiger partial charge in [-0.1, -0.05) is 6.07 Å². The summed E-state index contributed by atoms with van der Waals surface area (Å²) in [4.78, 5) is 16.4. The molecule has 0 aromatic heterocycles. The first-order valence-corrected chi connectivity index (χ1v) is 8.77. The lowest BCUT2D eigenvalue weighted by molar-refractivity contribution is -0.133. The molecule has 1 aliphatic heterocycles. The van der Waals surface area contributed by atoms with Gasteiger partial charge in [0.25, 0.3) is 5.91 Å². The lowest BCUT2D eigenvalue weighted by Gasteiger charge is -2.36. The number of nitrogens with zero attached hydrogens (tertiary/aromatic N) is 2. The van der Waals surface area contributed by atoms with Crippen LogP contribution in [0.2, 0.25) is 0 Å². The number of piperazine rings is 1. The molecule has 7 heteroatoms. The molecule has 0 saturated carbocycles. The molecule has 144 valence electrons. The second kappa shape index (κ2) is 8.53. The van der Waals surface area contributed by atoms with Crippen LogP contribution in [0.15, 0.2) is 42.5 Å². The zero-order chi connectivity index (χ0) is 19.2. The van der Waals surface area contributed by atoms with Gasteiger partial charge in [0.1, 0.15) is 23.0 Å². The first kappa shape index (κ1) is 18.7. The molecule has 2 aromatic carbocycles. The molecule has 1 fully saturated rings. The van der Waals surface area contributed by atoms with E-state index in [0.717, 1.165) is 17.2 Å². The van der Waals surface area contributed by atoms with Crippen LogP contribution in [0.4, 0.5) is 5.69 Å². The van der Waals surface area contributed by atoms with Crippen LogP contribution in [0.5, 0.6) is 23.0 Å².